The second kappa shape index (κ2) is 6.58. The van der Waals surface area contributed by atoms with Gasteiger partial charge in [-0.05, 0) is 26.8 Å². The van der Waals surface area contributed by atoms with Gasteiger partial charge >= 0.3 is 0 Å². The van der Waals surface area contributed by atoms with Crippen LogP contribution in [-0.2, 0) is 0 Å². The van der Waals surface area contributed by atoms with Crippen LogP contribution in [0.2, 0.25) is 0 Å². The van der Waals surface area contributed by atoms with Crippen LogP contribution in [0.3, 0.4) is 0 Å². The molecule has 0 saturated heterocycles. The monoisotopic (exact) mass is 230 g/mol. The van der Waals surface area contributed by atoms with Gasteiger partial charge in [0, 0.05) is 18.6 Å². The molecule has 2 N–H and O–H groups in total. The third kappa shape index (κ3) is 5.28. The topological polar surface area (TPSA) is 35.5 Å². The average molecular weight is 230 g/mol. The van der Waals surface area contributed by atoms with E-state index in [0.29, 0.717) is 18.0 Å². The van der Waals surface area contributed by atoms with Gasteiger partial charge in [0.05, 0.1) is 12.1 Å². The predicted octanol–water partition coefficient (Wildman–Crippen LogP) is 1.71. The molecule has 3 nitrogen and oxygen atoms in total. The maximum absolute atomic E-state index is 9.51. The maximum Gasteiger partial charge on any atom is 0.0623 e. The van der Waals surface area contributed by atoms with Crippen molar-refractivity contribution in [1.29, 1.82) is 0 Å². The molecule has 0 aliphatic heterocycles. The van der Waals surface area contributed by atoms with Gasteiger partial charge in [0.25, 0.3) is 0 Å². The molecule has 0 rings (SSSR count). The van der Waals surface area contributed by atoms with E-state index in [1.54, 1.807) is 0 Å². The molecule has 0 aromatic carbocycles. The molecule has 0 bridgehead atoms. The molecule has 0 fully saturated rings. The quantitative estimate of drug-likeness (QED) is 0.699. The lowest BCUT2D eigenvalue weighted by Crippen LogP contribution is -2.57. The highest BCUT2D eigenvalue weighted by Crippen LogP contribution is 2.13. The summed E-state index contributed by atoms with van der Waals surface area (Å²) in [4.78, 5) is 2.32. The normalized spacial score (nSPS) is 18.2. The number of rotatable bonds is 7. The van der Waals surface area contributed by atoms with Crippen LogP contribution < -0.4 is 5.32 Å². The molecular weight excluding hydrogens is 200 g/mol. The van der Waals surface area contributed by atoms with Gasteiger partial charge in [0.15, 0.2) is 0 Å². The van der Waals surface area contributed by atoms with Crippen molar-refractivity contribution in [3.63, 3.8) is 0 Å². The minimum atomic E-state index is -0.216. The molecular formula is C13H30N2O. The van der Waals surface area contributed by atoms with E-state index < -0.39 is 0 Å². The number of nitrogens with one attached hydrogen (secondary N) is 1. The highest BCUT2D eigenvalue weighted by atomic mass is 16.3. The van der Waals surface area contributed by atoms with Crippen molar-refractivity contribution in [2.75, 3.05) is 20.2 Å². The number of hydrogen-bond donors (Lipinski definition) is 2. The van der Waals surface area contributed by atoms with Crippen molar-refractivity contribution in [2.24, 2.45) is 5.92 Å². The molecule has 2 unspecified atom stereocenters. The van der Waals surface area contributed by atoms with Crippen LogP contribution in [0.4, 0.5) is 0 Å². The molecule has 0 saturated carbocycles. The number of nitrogens with zero attached hydrogens (tertiary/aromatic N) is 1. The van der Waals surface area contributed by atoms with Crippen molar-refractivity contribution in [2.45, 2.75) is 59.2 Å². The number of hydrogen-bond acceptors (Lipinski definition) is 3. The Balaban J connectivity index is 4.41. The zero-order valence-corrected chi connectivity index (χ0v) is 12.0. The molecule has 0 aliphatic carbocycles. The van der Waals surface area contributed by atoms with Crippen molar-refractivity contribution in [3.8, 4) is 0 Å². The minimum absolute atomic E-state index is 0.167. The van der Waals surface area contributed by atoms with E-state index in [1.165, 1.54) is 0 Å². The molecule has 0 aliphatic rings. The van der Waals surface area contributed by atoms with Crippen LogP contribution in [0.1, 0.15) is 41.5 Å². The summed E-state index contributed by atoms with van der Waals surface area (Å²) in [5.74, 6) is 0.631. The molecule has 0 heterocycles. The van der Waals surface area contributed by atoms with Crippen LogP contribution in [-0.4, -0.2) is 47.8 Å². The number of aliphatic hydroxyl groups is 1. The Kier molecular flexibility index (Phi) is 6.53. The van der Waals surface area contributed by atoms with Crippen LogP contribution in [0.15, 0.2) is 0 Å². The summed E-state index contributed by atoms with van der Waals surface area (Å²) in [6.45, 7) is 14.0. The smallest absolute Gasteiger partial charge is 0.0623 e. The first-order chi connectivity index (χ1) is 7.22. The highest BCUT2D eigenvalue weighted by Gasteiger charge is 2.27. The lowest BCUT2D eigenvalue weighted by molar-refractivity contribution is 0.0970. The zero-order chi connectivity index (χ0) is 12.9. The SMILES string of the molecule is CC(C)NC(C)(CO)CN(C)C(C)C(C)C. The van der Waals surface area contributed by atoms with Crippen molar-refractivity contribution in [1.82, 2.24) is 10.2 Å². The van der Waals surface area contributed by atoms with E-state index in [1.807, 2.05) is 0 Å². The van der Waals surface area contributed by atoms with Gasteiger partial charge < -0.3 is 15.3 Å². The summed E-state index contributed by atoms with van der Waals surface area (Å²) in [7, 11) is 2.13. The third-order valence-corrected chi connectivity index (χ3v) is 3.24. The first-order valence-electron chi connectivity index (χ1n) is 6.30. The van der Waals surface area contributed by atoms with Crippen LogP contribution in [0.5, 0.6) is 0 Å². The fraction of sp³-hybridized carbons (Fsp3) is 1.00. The number of likely N-dealkylation sites (N-methyl/N-ethyl adjacent to an activating group) is 1. The van der Waals surface area contributed by atoms with Crippen molar-refractivity contribution in [3.05, 3.63) is 0 Å². The van der Waals surface area contributed by atoms with E-state index in [2.05, 4.69) is 58.8 Å². The lowest BCUT2D eigenvalue weighted by atomic mass is 9.98. The second-order valence-corrected chi connectivity index (χ2v) is 5.92. The Labute approximate surface area is 101 Å². The molecule has 3 heteroatoms. The van der Waals surface area contributed by atoms with Gasteiger partial charge in [-0.2, -0.15) is 0 Å². The highest BCUT2D eigenvalue weighted by molar-refractivity contribution is 4.88. The van der Waals surface area contributed by atoms with Crippen molar-refractivity contribution >= 4 is 0 Å². The average Bonchev–Trinajstić information content (AvgIpc) is 2.14. The fourth-order valence-electron chi connectivity index (χ4n) is 2.04. The van der Waals surface area contributed by atoms with E-state index in [-0.39, 0.29) is 12.1 Å². The summed E-state index contributed by atoms with van der Waals surface area (Å²) in [5.41, 5.74) is -0.216. The van der Waals surface area contributed by atoms with E-state index in [4.69, 9.17) is 0 Å². The third-order valence-electron chi connectivity index (χ3n) is 3.24. The molecule has 0 spiro atoms. The van der Waals surface area contributed by atoms with Crippen LogP contribution in [0.25, 0.3) is 0 Å². The van der Waals surface area contributed by atoms with E-state index in [9.17, 15) is 5.11 Å². The Hall–Kier alpha value is -0.120. The predicted molar refractivity (Wildman–Crippen MR) is 70.7 cm³/mol. The summed E-state index contributed by atoms with van der Waals surface area (Å²) < 4.78 is 0. The Morgan fingerprint density at radius 3 is 2.00 bits per heavy atom. The first kappa shape index (κ1) is 15.9. The van der Waals surface area contributed by atoms with Crippen molar-refractivity contribution < 1.29 is 5.11 Å². The molecule has 0 aromatic heterocycles. The van der Waals surface area contributed by atoms with Gasteiger partial charge in [-0.25, -0.2) is 0 Å². The van der Waals surface area contributed by atoms with Gasteiger partial charge in [-0.15, -0.1) is 0 Å². The summed E-state index contributed by atoms with van der Waals surface area (Å²) in [5, 5.41) is 13.0. The van der Waals surface area contributed by atoms with Gasteiger partial charge in [0.1, 0.15) is 0 Å². The molecule has 2 atom stereocenters. The van der Waals surface area contributed by atoms with Crippen LogP contribution in [0, 0.1) is 5.92 Å². The van der Waals surface area contributed by atoms with Crippen LogP contribution >= 0.6 is 0 Å². The maximum atomic E-state index is 9.51. The zero-order valence-electron chi connectivity index (χ0n) is 12.0. The van der Waals surface area contributed by atoms with E-state index in [0.717, 1.165) is 6.54 Å². The standard InChI is InChI=1S/C13H30N2O/c1-10(2)12(5)15(7)8-13(6,9-16)14-11(3)4/h10-12,14,16H,8-9H2,1-7H3. The number of aliphatic hydroxyl groups excluding tert-OH is 1. The Morgan fingerprint density at radius 1 is 1.19 bits per heavy atom. The van der Waals surface area contributed by atoms with Gasteiger partial charge in [-0.3, -0.25) is 0 Å². The van der Waals surface area contributed by atoms with Gasteiger partial charge in [0.2, 0.25) is 0 Å². The molecule has 0 aromatic rings. The fourth-order valence-corrected chi connectivity index (χ4v) is 2.04. The minimum Gasteiger partial charge on any atom is -0.394 e. The molecule has 0 radical (unpaired) electrons. The molecule has 98 valence electrons. The lowest BCUT2D eigenvalue weighted by Gasteiger charge is -2.38. The Bertz CT molecular complexity index is 194. The molecule has 16 heavy (non-hydrogen) atoms. The summed E-state index contributed by atoms with van der Waals surface area (Å²) in [6, 6.07) is 0.916. The first-order valence-corrected chi connectivity index (χ1v) is 6.30. The Morgan fingerprint density at radius 2 is 1.69 bits per heavy atom. The largest absolute Gasteiger partial charge is 0.394 e. The van der Waals surface area contributed by atoms with E-state index >= 15 is 0 Å². The van der Waals surface area contributed by atoms with Gasteiger partial charge in [-0.1, -0.05) is 27.7 Å². The summed E-state index contributed by atoms with van der Waals surface area (Å²) >= 11 is 0. The second-order valence-electron chi connectivity index (χ2n) is 5.92. The molecule has 0 amide bonds. The summed E-state index contributed by atoms with van der Waals surface area (Å²) in [6.07, 6.45) is 0.